The van der Waals surface area contributed by atoms with Crippen LogP contribution in [-0.2, 0) is 0 Å². The summed E-state index contributed by atoms with van der Waals surface area (Å²) in [5.74, 6) is 0. The molecule has 88 valence electrons. The first-order valence-electron chi connectivity index (χ1n) is 5.63. The number of aryl methyl sites for hydroxylation is 1. The van der Waals surface area contributed by atoms with E-state index in [4.69, 9.17) is 5.73 Å². The van der Waals surface area contributed by atoms with Crippen LogP contribution >= 0.6 is 11.8 Å². The quantitative estimate of drug-likeness (QED) is 0.840. The van der Waals surface area contributed by atoms with Gasteiger partial charge in [-0.25, -0.2) is 0 Å². The maximum atomic E-state index is 5.84. The van der Waals surface area contributed by atoms with Gasteiger partial charge in [-0.15, -0.1) is 11.8 Å². The topological polar surface area (TPSA) is 38.9 Å². The van der Waals surface area contributed by atoms with Crippen molar-refractivity contribution in [2.24, 2.45) is 5.73 Å². The predicted molar refractivity (Wildman–Crippen MR) is 73.1 cm³/mol. The maximum absolute atomic E-state index is 5.84. The molecule has 1 unspecified atom stereocenters. The lowest BCUT2D eigenvalue weighted by Gasteiger charge is -2.14. The Morgan fingerprint density at radius 1 is 1.12 bits per heavy atom. The molecular weight excluding hydrogens is 228 g/mol. The molecule has 2 rings (SSSR count). The maximum Gasteiger partial charge on any atom is 0.0467 e. The van der Waals surface area contributed by atoms with Gasteiger partial charge in [0, 0.05) is 29.1 Å². The highest BCUT2D eigenvalue weighted by atomic mass is 32.2. The first-order chi connectivity index (χ1) is 8.29. The van der Waals surface area contributed by atoms with Crippen molar-refractivity contribution >= 4 is 11.8 Å². The Bertz CT molecular complexity index is 453. The summed E-state index contributed by atoms with van der Waals surface area (Å²) >= 11 is 1.80. The van der Waals surface area contributed by atoms with Gasteiger partial charge in [0.25, 0.3) is 0 Å². The summed E-state index contributed by atoms with van der Waals surface area (Å²) in [4.78, 5) is 5.28. The van der Waals surface area contributed by atoms with Gasteiger partial charge >= 0.3 is 0 Å². The van der Waals surface area contributed by atoms with Gasteiger partial charge in [0.05, 0.1) is 0 Å². The van der Waals surface area contributed by atoms with Crippen molar-refractivity contribution in [1.29, 1.82) is 0 Å². The largest absolute Gasteiger partial charge is 0.329 e. The monoisotopic (exact) mass is 244 g/mol. The molecule has 1 heterocycles. The van der Waals surface area contributed by atoms with E-state index in [1.165, 1.54) is 16.0 Å². The molecule has 0 saturated heterocycles. The van der Waals surface area contributed by atoms with E-state index in [1.807, 2.05) is 24.5 Å². The molecule has 1 aromatic heterocycles. The molecule has 0 radical (unpaired) electrons. The van der Waals surface area contributed by atoms with Crippen LogP contribution in [0.25, 0.3) is 0 Å². The Labute approximate surface area is 106 Å². The second-order valence-electron chi connectivity index (χ2n) is 3.94. The van der Waals surface area contributed by atoms with Gasteiger partial charge in [0.1, 0.15) is 0 Å². The van der Waals surface area contributed by atoms with E-state index in [2.05, 4.69) is 36.2 Å². The first kappa shape index (κ1) is 12.1. The Morgan fingerprint density at radius 2 is 1.76 bits per heavy atom. The van der Waals surface area contributed by atoms with Crippen molar-refractivity contribution in [3.8, 4) is 0 Å². The van der Waals surface area contributed by atoms with Crippen LogP contribution in [0.3, 0.4) is 0 Å². The fourth-order valence-corrected chi connectivity index (χ4v) is 2.62. The number of nitrogens with zero attached hydrogens (tertiary/aromatic N) is 1. The Kier molecular flexibility index (Phi) is 4.18. The van der Waals surface area contributed by atoms with Crippen LogP contribution in [0.5, 0.6) is 0 Å². The highest BCUT2D eigenvalue weighted by molar-refractivity contribution is 7.99. The predicted octanol–water partition coefficient (Wildman–Crippen LogP) is 3.18. The number of benzene rings is 1. The Balaban J connectivity index is 2.13. The van der Waals surface area contributed by atoms with Crippen LogP contribution in [-0.4, -0.2) is 11.5 Å². The van der Waals surface area contributed by atoms with E-state index in [0.717, 1.165) is 0 Å². The van der Waals surface area contributed by atoms with E-state index < -0.39 is 0 Å². The van der Waals surface area contributed by atoms with Crippen molar-refractivity contribution in [3.05, 3.63) is 59.9 Å². The minimum absolute atomic E-state index is 0.292. The lowest BCUT2D eigenvalue weighted by molar-refractivity contribution is 0.936. The number of hydrogen-bond acceptors (Lipinski definition) is 3. The number of nitrogens with two attached hydrogens (primary N) is 1. The van der Waals surface area contributed by atoms with Crippen LogP contribution in [0.15, 0.2) is 53.7 Å². The molecule has 2 nitrogen and oxygen atoms in total. The zero-order valence-electron chi connectivity index (χ0n) is 9.84. The van der Waals surface area contributed by atoms with Crippen LogP contribution in [0.4, 0.5) is 0 Å². The van der Waals surface area contributed by atoms with Crippen molar-refractivity contribution in [2.75, 3.05) is 6.54 Å². The van der Waals surface area contributed by atoms with Crippen LogP contribution in [0.1, 0.15) is 16.4 Å². The number of hydrogen-bond donors (Lipinski definition) is 1. The molecule has 0 aliphatic carbocycles. The Morgan fingerprint density at radius 3 is 2.35 bits per heavy atom. The molecule has 1 aromatic carbocycles. The SMILES string of the molecule is Cc1ccc(SC(CN)c2ccncc2)cc1. The van der Waals surface area contributed by atoms with Gasteiger partial charge < -0.3 is 5.73 Å². The summed E-state index contributed by atoms with van der Waals surface area (Å²) < 4.78 is 0. The fraction of sp³-hybridized carbons (Fsp3) is 0.214. The van der Waals surface area contributed by atoms with Crippen LogP contribution in [0.2, 0.25) is 0 Å². The zero-order chi connectivity index (χ0) is 12.1. The molecule has 2 aromatic rings. The molecule has 17 heavy (non-hydrogen) atoms. The minimum Gasteiger partial charge on any atom is -0.329 e. The molecule has 0 bridgehead atoms. The molecule has 0 saturated carbocycles. The first-order valence-corrected chi connectivity index (χ1v) is 6.51. The van der Waals surface area contributed by atoms with E-state index in [0.29, 0.717) is 11.8 Å². The molecule has 0 fully saturated rings. The van der Waals surface area contributed by atoms with Gasteiger partial charge in [-0.3, -0.25) is 4.98 Å². The average Bonchev–Trinajstić information content (AvgIpc) is 2.39. The van der Waals surface area contributed by atoms with Crippen LogP contribution < -0.4 is 5.73 Å². The molecule has 0 spiro atoms. The zero-order valence-corrected chi connectivity index (χ0v) is 10.7. The summed E-state index contributed by atoms with van der Waals surface area (Å²) in [5.41, 5.74) is 8.35. The second kappa shape index (κ2) is 5.84. The third-order valence-corrected chi connectivity index (χ3v) is 3.88. The van der Waals surface area contributed by atoms with E-state index in [1.54, 1.807) is 11.8 Å². The van der Waals surface area contributed by atoms with E-state index >= 15 is 0 Å². The average molecular weight is 244 g/mol. The van der Waals surface area contributed by atoms with Gasteiger partial charge in [-0.1, -0.05) is 17.7 Å². The highest BCUT2D eigenvalue weighted by Crippen LogP contribution is 2.34. The lowest BCUT2D eigenvalue weighted by atomic mass is 10.2. The van der Waals surface area contributed by atoms with Gasteiger partial charge in [-0.2, -0.15) is 0 Å². The molecule has 3 heteroatoms. The lowest BCUT2D eigenvalue weighted by Crippen LogP contribution is -2.09. The molecule has 1 atom stereocenters. The Hall–Kier alpha value is -1.32. The van der Waals surface area contributed by atoms with E-state index in [-0.39, 0.29) is 0 Å². The summed E-state index contributed by atoms with van der Waals surface area (Å²) in [6.45, 7) is 2.72. The molecule has 2 N–H and O–H groups in total. The molecule has 0 aliphatic rings. The van der Waals surface area contributed by atoms with Crippen molar-refractivity contribution in [2.45, 2.75) is 17.1 Å². The van der Waals surface area contributed by atoms with Gasteiger partial charge in [0.15, 0.2) is 0 Å². The van der Waals surface area contributed by atoms with E-state index in [9.17, 15) is 0 Å². The van der Waals surface area contributed by atoms with Crippen molar-refractivity contribution in [1.82, 2.24) is 4.98 Å². The fourth-order valence-electron chi connectivity index (χ4n) is 1.61. The van der Waals surface area contributed by atoms with Gasteiger partial charge in [0.2, 0.25) is 0 Å². The van der Waals surface area contributed by atoms with Gasteiger partial charge in [-0.05, 0) is 36.8 Å². The molecule has 0 aliphatic heterocycles. The summed E-state index contributed by atoms with van der Waals surface area (Å²) in [7, 11) is 0. The van der Waals surface area contributed by atoms with Crippen molar-refractivity contribution in [3.63, 3.8) is 0 Å². The highest BCUT2D eigenvalue weighted by Gasteiger charge is 2.10. The minimum atomic E-state index is 0.292. The second-order valence-corrected chi connectivity index (χ2v) is 5.21. The standard InChI is InChI=1S/C14H16N2S/c1-11-2-4-13(5-3-11)17-14(10-15)12-6-8-16-9-7-12/h2-9,14H,10,15H2,1H3. The van der Waals surface area contributed by atoms with Crippen LogP contribution in [0, 0.1) is 6.92 Å². The smallest absolute Gasteiger partial charge is 0.0467 e. The molecule has 0 amide bonds. The summed E-state index contributed by atoms with van der Waals surface area (Å²) in [6, 6.07) is 12.6. The summed E-state index contributed by atoms with van der Waals surface area (Å²) in [5, 5.41) is 0.292. The number of pyridine rings is 1. The third kappa shape index (κ3) is 3.32. The summed E-state index contributed by atoms with van der Waals surface area (Å²) in [6.07, 6.45) is 3.63. The normalized spacial score (nSPS) is 12.4. The number of aromatic nitrogens is 1. The number of thioether (sulfide) groups is 1. The van der Waals surface area contributed by atoms with Crippen molar-refractivity contribution < 1.29 is 0 Å². The third-order valence-electron chi connectivity index (χ3n) is 2.59. The molecular formula is C14H16N2S. The number of rotatable bonds is 4.